The van der Waals surface area contributed by atoms with Crippen LogP contribution in [0.4, 0.5) is 5.13 Å². The zero-order valence-electron chi connectivity index (χ0n) is 9.03. The van der Waals surface area contributed by atoms with Crippen LogP contribution >= 0.6 is 11.3 Å². The van der Waals surface area contributed by atoms with Crippen LogP contribution in [0.25, 0.3) is 0 Å². The van der Waals surface area contributed by atoms with Crippen LogP contribution in [0.2, 0.25) is 0 Å². The van der Waals surface area contributed by atoms with E-state index in [1.54, 1.807) is 14.0 Å². The fraction of sp³-hybridized carbons (Fsp3) is 0.556. The minimum atomic E-state index is -0.148. The summed E-state index contributed by atoms with van der Waals surface area (Å²) in [5.74, 6) is -0.148. The van der Waals surface area contributed by atoms with Crippen molar-refractivity contribution in [2.45, 2.75) is 20.0 Å². The number of carbonyl (C=O) groups excluding carboxylic acids is 1. The number of hydrogen-bond acceptors (Lipinski definition) is 5. The summed E-state index contributed by atoms with van der Waals surface area (Å²) in [5, 5.41) is 3.17. The van der Waals surface area contributed by atoms with Crippen LogP contribution in [0.5, 0.6) is 0 Å². The first-order chi connectivity index (χ1) is 7.04. The zero-order chi connectivity index (χ0) is 11.4. The van der Waals surface area contributed by atoms with Gasteiger partial charge in [-0.25, -0.2) is 4.98 Å². The van der Waals surface area contributed by atoms with Crippen molar-refractivity contribution < 1.29 is 9.53 Å². The number of nitrogens with two attached hydrogens (primary N) is 1. The highest BCUT2D eigenvalue weighted by molar-refractivity contribution is 7.17. The second kappa shape index (κ2) is 5.09. The minimum Gasteiger partial charge on any atom is -0.380 e. The molecule has 6 heteroatoms. The van der Waals surface area contributed by atoms with Gasteiger partial charge < -0.3 is 15.8 Å². The molecule has 0 saturated heterocycles. The van der Waals surface area contributed by atoms with Gasteiger partial charge in [0.15, 0.2) is 5.13 Å². The summed E-state index contributed by atoms with van der Waals surface area (Å²) < 4.78 is 5.02. The molecule has 1 unspecified atom stereocenters. The molecule has 1 aromatic rings. The average Bonchev–Trinajstić information content (AvgIpc) is 2.53. The summed E-state index contributed by atoms with van der Waals surface area (Å²) in [7, 11) is 1.60. The van der Waals surface area contributed by atoms with E-state index in [2.05, 4.69) is 10.3 Å². The molecule has 0 aliphatic carbocycles. The number of nitrogens with zero attached hydrogens (tertiary/aromatic N) is 1. The molecule has 1 rings (SSSR count). The first kappa shape index (κ1) is 11.9. The number of nitrogen functional groups attached to an aromatic ring is 1. The molecule has 0 aliphatic heterocycles. The molecule has 0 aromatic carbocycles. The Hall–Kier alpha value is -1.14. The topological polar surface area (TPSA) is 77.2 Å². The molecule has 0 bridgehead atoms. The molecule has 84 valence electrons. The van der Waals surface area contributed by atoms with Crippen molar-refractivity contribution in [3.05, 3.63) is 10.6 Å². The molecule has 1 amide bonds. The maximum Gasteiger partial charge on any atom is 0.263 e. The molecular formula is C9H15N3O2S. The van der Waals surface area contributed by atoms with Gasteiger partial charge in [-0.05, 0) is 13.8 Å². The first-order valence-corrected chi connectivity index (χ1v) is 5.40. The van der Waals surface area contributed by atoms with Crippen LogP contribution in [-0.4, -0.2) is 30.6 Å². The fourth-order valence-electron chi connectivity index (χ4n) is 1.03. The van der Waals surface area contributed by atoms with E-state index in [4.69, 9.17) is 10.5 Å². The number of methoxy groups -OCH3 is 1. The smallest absolute Gasteiger partial charge is 0.263 e. The van der Waals surface area contributed by atoms with Gasteiger partial charge in [0.1, 0.15) is 4.88 Å². The Kier molecular flexibility index (Phi) is 4.05. The van der Waals surface area contributed by atoms with Gasteiger partial charge in [0, 0.05) is 13.7 Å². The van der Waals surface area contributed by atoms with Crippen molar-refractivity contribution in [1.82, 2.24) is 10.3 Å². The number of aryl methyl sites for hydroxylation is 1. The normalized spacial score (nSPS) is 12.5. The predicted molar refractivity (Wildman–Crippen MR) is 60.1 cm³/mol. The van der Waals surface area contributed by atoms with E-state index in [9.17, 15) is 4.79 Å². The van der Waals surface area contributed by atoms with Crippen molar-refractivity contribution in [1.29, 1.82) is 0 Å². The van der Waals surface area contributed by atoms with E-state index in [1.807, 2.05) is 6.92 Å². The number of ether oxygens (including phenoxy) is 1. The summed E-state index contributed by atoms with van der Waals surface area (Å²) >= 11 is 1.20. The number of nitrogens with one attached hydrogen (secondary N) is 1. The lowest BCUT2D eigenvalue weighted by atomic mass is 10.3. The number of amides is 1. The van der Waals surface area contributed by atoms with E-state index in [-0.39, 0.29) is 12.0 Å². The molecule has 1 aromatic heterocycles. The third kappa shape index (κ3) is 3.17. The second-order valence-corrected chi connectivity index (χ2v) is 4.25. The van der Waals surface area contributed by atoms with Gasteiger partial charge in [-0.3, -0.25) is 4.79 Å². The molecule has 1 heterocycles. The van der Waals surface area contributed by atoms with Gasteiger partial charge in [0.25, 0.3) is 5.91 Å². The van der Waals surface area contributed by atoms with E-state index >= 15 is 0 Å². The third-order valence-electron chi connectivity index (χ3n) is 1.97. The highest BCUT2D eigenvalue weighted by Gasteiger charge is 2.14. The summed E-state index contributed by atoms with van der Waals surface area (Å²) in [6.45, 7) is 4.13. The monoisotopic (exact) mass is 229 g/mol. The molecular weight excluding hydrogens is 214 g/mol. The molecule has 0 aliphatic rings. The van der Waals surface area contributed by atoms with Crippen LogP contribution in [-0.2, 0) is 4.74 Å². The lowest BCUT2D eigenvalue weighted by Crippen LogP contribution is -2.31. The molecule has 0 saturated carbocycles. The number of aromatic nitrogens is 1. The maximum atomic E-state index is 11.6. The highest BCUT2D eigenvalue weighted by atomic mass is 32.1. The van der Waals surface area contributed by atoms with Gasteiger partial charge in [-0.1, -0.05) is 11.3 Å². The lowest BCUT2D eigenvalue weighted by molar-refractivity contribution is 0.0873. The van der Waals surface area contributed by atoms with Gasteiger partial charge in [0.05, 0.1) is 11.8 Å². The van der Waals surface area contributed by atoms with Crippen LogP contribution in [0.3, 0.4) is 0 Å². The Balaban J connectivity index is 2.58. The number of hydrogen-bond donors (Lipinski definition) is 2. The minimum absolute atomic E-state index is 0.000440. The van der Waals surface area contributed by atoms with Crippen molar-refractivity contribution in [2.75, 3.05) is 19.4 Å². The average molecular weight is 229 g/mol. The first-order valence-electron chi connectivity index (χ1n) is 4.58. The lowest BCUT2D eigenvalue weighted by Gasteiger charge is -2.09. The Morgan fingerprint density at radius 1 is 1.73 bits per heavy atom. The van der Waals surface area contributed by atoms with E-state index < -0.39 is 0 Å². The quantitative estimate of drug-likeness (QED) is 0.800. The number of rotatable bonds is 4. The molecule has 5 nitrogen and oxygen atoms in total. The Labute approximate surface area is 92.6 Å². The van der Waals surface area contributed by atoms with E-state index in [0.29, 0.717) is 22.2 Å². The van der Waals surface area contributed by atoms with Crippen LogP contribution < -0.4 is 11.1 Å². The standard InChI is InChI=1S/C9H15N3O2S/c1-5(14-3)4-11-8(13)7-6(2)12-9(10)15-7/h5H,4H2,1-3H3,(H2,10,12)(H,11,13). The van der Waals surface area contributed by atoms with Gasteiger partial charge in [-0.15, -0.1) is 0 Å². The molecule has 0 radical (unpaired) electrons. The summed E-state index contributed by atoms with van der Waals surface area (Å²) in [6, 6.07) is 0. The summed E-state index contributed by atoms with van der Waals surface area (Å²) in [4.78, 5) is 16.2. The third-order valence-corrected chi connectivity index (χ3v) is 2.96. The SMILES string of the molecule is COC(C)CNC(=O)c1sc(N)nc1C. The summed E-state index contributed by atoms with van der Waals surface area (Å²) in [6.07, 6.45) is -0.000440. The fourth-order valence-corrected chi connectivity index (χ4v) is 1.78. The van der Waals surface area contributed by atoms with E-state index in [1.165, 1.54) is 11.3 Å². The van der Waals surface area contributed by atoms with E-state index in [0.717, 1.165) is 0 Å². The Morgan fingerprint density at radius 3 is 2.87 bits per heavy atom. The van der Waals surface area contributed by atoms with Crippen LogP contribution in [0.15, 0.2) is 0 Å². The van der Waals surface area contributed by atoms with Gasteiger partial charge in [0.2, 0.25) is 0 Å². The molecule has 15 heavy (non-hydrogen) atoms. The molecule has 3 N–H and O–H groups in total. The summed E-state index contributed by atoms with van der Waals surface area (Å²) in [5.41, 5.74) is 6.17. The zero-order valence-corrected chi connectivity index (χ0v) is 9.85. The van der Waals surface area contributed by atoms with Crippen LogP contribution in [0.1, 0.15) is 22.3 Å². The van der Waals surface area contributed by atoms with Crippen molar-refractivity contribution >= 4 is 22.4 Å². The van der Waals surface area contributed by atoms with Gasteiger partial charge in [-0.2, -0.15) is 0 Å². The van der Waals surface area contributed by atoms with Crippen molar-refractivity contribution in [3.8, 4) is 0 Å². The van der Waals surface area contributed by atoms with Crippen molar-refractivity contribution in [2.24, 2.45) is 0 Å². The second-order valence-electron chi connectivity index (χ2n) is 3.22. The van der Waals surface area contributed by atoms with Crippen LogP contribution in [0, 0.1) is 6.92 Å². The number of anilines is 1. The van der Waals surface area contributed by atoms with Crippen molar-refractivity contribution in [3.63, 3.8) is 0 Å². The molecule has 1 atom stereocenters. The maximum absolute atomic E-state index is 11.6. The Bertz CT molecular complexity index is 351. The number of thiazole rings is 1. The largest absolute Gasteiger partial charge is 0.380 e. The highest BCUT2D eigenvalue weighted by Crippen LogP contribution is 2.19. The van der Waals surface area contributed by atoms with Gasteiger partial charge >= 0.3 is 0 Å². The Morgan fingerprint density at radius 2 is 2.40 bits per heavy atom. The molecule has 0 spiro atoms. The molecule has 0 fully saturated rings. The number of carbonyl (C=O) groups is 1. The predicted octanol–water partition coefficient (Wildman–Crippen LogP) is 0.798.